The first-order valence-electron chi connectivity index (χ1n) is 5.07. The Bertz CT molecular complexity index is 266. The largest absolute Gasteiger partial charge is 0.310 e. The lowest BCUT2D eigenvalue weighted by Gasteiger charge is -2.17. The van der Waals surface area contributed by atoms with Gasteiger partial charge in [0.25, 0.3) is 0 Å². The molecule has 0 aliphatic heterocycles. The van der Waals surface area contributed by atoms with Gasteiger partial charge in [-0.1, -0.05) is 26.0 Å². The third-order valence-electron chi connectivity index (χ3n) is 2.54. The maximum atomic E-state index is 12.6. The molecule has 1 unspecified atom stereocenters. The van der Waals surface area contributed by atoms with E-state index in [0.717, 1.165) is 12.1 Å². The van der Waals surface area contributed by atoms with E-state index in [2.05, 4.69) is 26.1 Å². The van der Waals surface area contributed by atoms with Crippen molar-refractivity contribution in [1.29, 1.82) is 0 Å². The molecule has 1 aromatic carbocycles. The van der Waals surface area contributed by atoms with Crippen LogP contribution in [0.3, 0.4) is 0 Å². The molecule has 2 heteroatoms. The van der Waals surface area contributed by atoms with Crippen molar-refractivity contribution in [1.82, 2.24) is 5.32 Å². The molecule has 0 radical (unpaired) electrons. The smallest absolute Gasteiger partial charge is 0.123 e. The Hall–Kier alpha value is -0.890. The van der Waals surface area contributed by atoms with Crippen molar-refractivity contribution in [3.63, 3.8) is 0 Å². The minimum atomic E-state index is -0.175. The molecular weight excluding hydrogens is 177 g/mol. The van der Waals surface area contributed by atoms with Crippen LogP contribution in [0.15, 0.2) is 24.3 Å². The molecular formula is C12H18FN. The van der Waals surface area contributed by atoms with E-state index in [4.69, 9.17) is 0 Å². The first kappa shape index (κ1) is 11.2. The van der Waals surface area contributed by atoms with Crippen molar-refractivity contribution in [2.75, 3.05) is 0 Å². The zero-order valence-corrected chi connectivity index (χ0v) is 9.05. The fourth-order valence-electron chi connectivity index (χ4n) is 1.12. The predicted molar refractivity (Wildman–Crippen MR) is 57.5 cm³/mol. The number of halogens is 1. The summed E-state index contributed by atoms with van der Waals surface area (Å²) in [7, 11) is 0. The third-order valence-corrected chi connectivity index (χ3v) is 2.54. The molecule has 0 aliphatic rings. The summed E-state index contributed by atoms with van der Waals surface area (Å²) >= 11 is 0. The first-order chi connectivity index (χ1) is 6.59. The Kier molecular flexibility index (Phi) is 4.08. The van der Waals surface area contributed by atoms with E-state index in [-0.39, 0.29) is 5.82 Å². The van der Waals surface area contributed by atoms with E-state index in [0.29, 0.717) is 12.0 Å². The Balaban J connectivity index is 2.42. The standard InChI is InChI=1S/C12H18FN/c1-9(2)10(3)14-8-11-4-6-12(13)7-5-11/h4-7,9-10,14H,8H2,1-3H3. The van der Waals surface area contributed by atoms with Crippen LogP contribution in [0.1, 0.15) is 26.3 Å². The van der Waals surface area contributed by atoms with Crippen molar-refractivity contribution < 1.29 is 4.39 Å². The second kappa shape index (κ2) is 5.11. The number of benzene rings is 1. The number of nitrogens with one attached hydrogen (secondary N) is 1. The Labute approximate surface area is 85.3 Å². The molecule has 1 rings (SSSR count). The summed E-state index contributed by atoms with van der Waals surface area (Å²) in [5.74, 6) is 0.445. The summed E-state index contributed by atoms with van der Waals surface area (Å²) in [4.78, 5) is 0. The van der Waals surface area contributed by atoms with E-state index >= 15 is 0 Å². The highest BCUT2D eigenvalue weighted by atomic mass is 19.1. The second-order valence-electron chi connectivity index (χ2n) is 4.04. The molecule has 0 spiro atoms. The molecule has 0 aromatic heterocycles. The monoisotopic (exact) mass is 195 g/mol. The highest BCUT2D eigenvalue weighted by Crippen LogP contribution is 2.05. The third kappa shape index (κ3) is 3.46. The Morgan fingerprint density at radius 3 is 2.21 bits per heavy atom. The fourth-order valence-corrected chi connectivity index (χ4v) is 1.12. The quantitative estimate of drug-likeness (QED) is 0.778. The molecule has 14 heavy (non-hydrogen) atoms. The van der Waals surface area contributed by atoms with Gasteiger partial charge in [-0.2, -0.15) is 0 Å². The Morgan fingerprint density at radius 1 is 1.14 bits per heavy atom. The summed E-state index contributed by atoms with van der Waals surface area (Å²) < 4.78 is 12.6. The van der Waals surface area contributed by atoms with Gasteiger partial charge in [-0.05, 0) is 30.5 Å². The summed E-state index contributed by atoms with van der Waals surface area (Å²) in [6, 6.07) is 7.11. The lowest BCUT2D eigenvalue weighted by Crippen LogP contribution is -2.30. The lowest BCUT2D eigenvalue weighted by molar-refractivity contribution is 0.426. The maximum Gasteiger partial charge on any atom is 0.123 e. The summed E-state index contributed by atoms with van der Waals surface area (Å²) in [6.45, 7) is 7.33. The van der Waals surface area contributed by atoms with Crippen molar-refractivity contribution in [3.8, 4) is 0 Å². The van der Waals surface area contributed by atoms with Gasteiger partial charge in [0.15, 0.2) is 0 Å². The first-order valence-corrected chi connectivity index (χ1v) is 5.07. The highest BCUT2D eigenvalue weighted by Gasteiger charge is 2.05. The van der Waals surface area contributed by atoms with Crippen LogP contribution in [0.4, 0.5) is 4.39 Å². The van der Waals surface area contributed by atoms with Crippen LogP contribution in [0.2, 0.25) is 0 Å². The molecule has 0 fully saturated rings. The van der Waals surface area contributed by atoms with E-state index in [1.165, 1.54) is 12.1 Å². The molecule has 78 valence electrons. The number of hydrogen-bond acceptors (Lipinski definition) is 1. The Morgan fingerprint density at radius 2 is 1.71 bits per heavy atom. The van der Waals surface area contributed by atoms with Crippen LogP contribution in [-0.4, -0.2) is 6.04 Å². The maximum absolute atomic E-state index is 12.6. The van der Waals surface area contributed by atoms with Crippen molar-refractivity contribution in [2.45, 2.75) is 33.4 Å². The molecule has 1 aromatic rings. The average molecular weight is 195 g/mol. The predicted octanol–water partition coefficient (Wildman–Crippen LogP) is 2.96. The second-order valence-corrected chi connectivity index (χ2v) is 4.04. The van der Waals surface area contributed by atoms with Crippen LogP contribution in [0, 0.1) is 11.7 Å². The normalized spacial score (nSPS) is 13.2. The molecule has 0 heterocycles. The van der Waals surface area contributed by atoms with E-state index in [9.17, 15) is 4.39 Å². The molecule has 0 saturated heterocycles. The summed E-state index contributed by atoms with van der Waals surface area (Å²) in [5.41, 5.74) is 1.12. The number of hydrogen-bond donors (Lipinski definition) is 1. The van der Waals surface area contributed by atoms with Crippen molar-refractivity contribution in [3.05, 3.63) is 35.6 Å². The molecule has 1 atom stereocenters. The van der Waals surface area contributed by atoms with Gasteiger partial charge < -0.3 is 5.32 Å². The van der Waals surface area contributed by atoms with Gasteiger partial charge in [0, 0.05) is 12.6 Å². The molecule has 1 nitrogen and oxygen atoms in total. The highest BCUT2D eigenvalue weighted by molar-refractivity contribution is 5.15. The van der Waals surface area contributed by atoms with Gasteiger partial charge in [-0.25, -0.2) is 4.39 Å². The summed E-state index contributed by atoms with van der Waals surface area (Å²) in [5, 5.41) is 3.40. The minimum Gasteiger partial charge on any atom is -0.310 e. The molecule has 0 bridgehead atoms. The zero-order valence-electron chi connectivity index (χ0n) is 9.05. The van der Waals surface area contributed by atoms with Crippen molar-refractivity contribution >= 4 is 0 Å². The lowest BCUT2D eigenvalue weighted by atomic mass is 10.1. The van der Waals surface area contributed by atoms with Crippen LogP contribution in [0.5, 0.6) is 0 Å². The van der Waals surface area contributed by atoms with Gasteiger partial charge in [0.05, 0.1) is 0 Å². The molecule has 1 N–H and O–H groups in total. The fraction of sp³-hybridized carbons (Fsp3) is 0.500. The SMILES string of the molecule is CC(C)C(C)NCc1ccc(F)cc1. The molecule has 0 aliphatic carbocycles. The van der Waals surface area contributed by atoms with Crippen molar-refractivity contribution in [2.24, 2.45) is 5.92 Å². The summed E-state index contributed by atoms with van der Waals surface area (Å²) in [6.07, 6.45) is 0. The average Bonchev–Trinajstić information content (AvgIpc) is 2.16. The van der Waals surface area contributed by atoms with E-state index < -0.39 is 0 Å². The molecule has 0 amide bonds. The topological polar surface area (TPSA) is 12.0 Å². The van der Waals surface area contributed by atoms with Gasteiger partial charge in [0.2, 0.25) is 0 Å². The van der Waals surface area contributed by atoms with Crippen LogP contribution in [-0.2, 0) is 6.54 Å². The van der Waals surface area contributed by atoms with Gasteiger partial charge in [-0.3, -0.25) is 0 Å². The van der Waals surface area contributed by atoms with E-state index in [1.807, 2.05) is 12.1 Å². The van der Waals surface area contributed by atoms with Crippen LogP contribution < -0.4 is 5.32 Å². The van der Waals surface area contributed by atoms with Gasteiger partial charge in [0.1, 0.15) is 5.82 Å². The zero-order chi connectivity index (χ0) is 10.6. The van der Waals surface area contributed by atoms with Crippen LogP contribution in [0.25, 0.3) is 0 Å². The van der Waals surface area contributed by atoms with Gasteiger partial charge in [-0.15, -0.1) is 0 Å². The van der Waals surface area contributed by atoms with E-state index in [1.54, 1.807) is 0 Å². The van der Waals surface area contributed by atoms with Crippen LogP contribution >= 0.6 is 0 Å². The molecule has 0 saturated carbocycles. The number of rotatable bonds is 4. The minimum absolute atomic E-state index is 0.175. The van der Waals surface area contributed by atoms with Gasteiger partial charge >= 0.3 is 0 Å².